The number of hydrogen-bond donors (Lipinski definition) is 0. The number of carbonyl (C=O) groups excluding carboxylic acids is 1. The molecule has 5 rings (SSSR count). The number of benzene rings is 1. The molecule has 0 bridgehead atoms. The van der Waals surface area contributed by atoms with E-state index in [1.807, 2.05) is 25.7 Å². The number of allylic oxidation sites excluding steroid dienone is 3. The van der Waals surface area contributed by atoms with E-state index in [0.29, 0.717) is 5.92 Å². The first-order valence-corrected chi connectivity index (χ1v) is 12.8. The maximum absolute atomic E-state index is 12.5. The number of nitrogens with zero attached hydrogens (tertiary/aromatic N) is 3. The highest BCUT2D eigenvalue weighted by molar-refractivity contribution is 8.05. The van der Waals surface area contributed by atoms with E-state index >= 15 is 0 Å². The van der Waals surface area contributed by atoms with Gasteiger partial charge >= 0.3 is 6.09 Å². The molecule has 174 valence electrons. The second kappa shape index (κ2) is 8.73. The van der Waals surface area contributed by atoms with Gasteiger partial charge in [0.05, 0.1) is 11.6 Å². The number of hydrogen-bond acceptors (Lipinski definition) is 4. The van der Waals surface area contributed by atoms with Crippen molar-refractivity contribution < 1.29 is 14.0 Å². The van der Waals surface area contributed by atoms with Crippen molar-refractivity contribution in [1.29, 1.82) is 0 Å². The Morgan fingerprint density at radius 1 is 1.18 bits per heavy atom. The lowest BCUT2D eigenvalue weighted by Crippen LogP contribution is -2.55. The highest BCUT2D eigenvalue weighted by atomic mass is 32.2. The fourth-order valence-corrected chi connectivity index (χ4v) is 6.23. The summed E-state index contributed by atoms with van der Waals surface area (Å²) in [7, 11) is 0. The highest BCUT2D eigenvalue weighted by Crippen LogP contribution is 2.46. The fraction of sp³-hybridized carbons (Fsp3) is 0.444. The Labute approximate surface area is 201 Å². The molecule has 4 aliphatic rings. The summed E-state index contributed by atoms with van der Waals surface area (Å²) in [5.74, 6) is 0.560. The largest absolute Gasteiger partial charge is 0.444 e. The van der Waals surface area contributed by atoms with Crippen LogP contribution < -0.4 is 0 Å². The predicted octanol–water partition coefficient (Wildman–Crippen LogP) is 5.81. The third-order valence-corrected chi connectivity index (χ3v) is 7.68. The smallest absolute Gasteiger partial charge is 0.410 e. The van der Waals surface area contributed by atoms with Crippen molar-refractivity contribution in [3.8, 4) is 0 Å². The van der Waals surface area contributed by atoms with Gasteiger partial charge in [-0.1, -0.05) is 48.2 Å². The maximum atomic E-state index is 12.5. The molecule has 0 saturated carbocycles. The van der Waals surface area contributed by atoms with Crippen LogP contribution in [0.1, 0.15) is 39.2 Å². The van der Waals surface area contributed by atoms with E-state index in [-0.39, 0.29) is 12.3 Å². The molecule has 1 fully saturated rings. The molecule has 0 aromatic heterocycles. The summed E-state index contributed by atoms with van der Waals surface area (Å²) in [6.07, 6.45) is 13.7. The molecule has 1 aromatic rings. The molecule has 33 heavy (non-hydrogen) atoms. The molecular weight excluding hydrogens is 430 g/mol. The second-order valence-electron chi connectivity index (χ2n) is 10.5. The van der Waals surface area contributed by atoms with Gasteiger partial charge < -0.3 is 9.64 Å². The summed E-state index contributed by atoms with van der Waals surface area (Å²) < 4.78 is 6.50. The van der Waals surface area contributed by atoms with E-state index < -0.39 is 5.60 Å². The molecule has 0 radical (unpaired) electrons. The number of amides is 1. The lowest BCUT2D eigenvalue weighted by molar-refractivity contribution is -0.916. The molecular formula is C27H34N3O2S+. The Bertz CT molecular complexity index is 1020. The first-order chi connectivity index (χ1) is 15.8. The van der Waals surface area contributed by atoms with Crippen LogP contribution in [-0.2, 0) is 11.3 Å². The van der Waals surface area contributed by atoms with Gasteiger partial charge in [0.2, 0.25) is 0 Å². The molecule has 5 nitrogen and oxygen atoms in total. The van der Waals surface area contributed by atoms with Gasteiger partial charge in [-0.2, -0.15) is 0 Å². The number of ether oxygens (including phenoxy) is 1. The minimum absolute atomic E-state index is 0.179. The lowest BCUT2D eigenvalue weighted by Gasteiger charge is -2.44. The standard InChI is InChI=1S/C27H34N3O2S/c1-27(2,3)32-26(31)28-15-12-22(13-16-28)19-30(18-21-8-5-4-6-9-21)20-23-14-17-33-25-11-7-10-24(30)29(23)25/h4-11,14,17,20,22,24H,12-13,15-16,18-19H2,1-3H3/q+1. The molecule has 0 aliphatic carbocycles. The van der Waals surface area contributed by atoms with Crippen LogP contribution in [0.3, 0.4) is 0 Å². The SMILES string of the molecule is CC(C)(C)OC(=O)N1CCC(C[N+]2(Cc3ccccc3)C=C3C=CSC4=CC=CC2N34)CC1. The summed E-state index contributed by atoms with van der Waals surface area (Å²) in [6, 6.07) is 10.9. The predicted molar refractivity (Wildman–Crippen MR) is 133 cm³/mol. The number of piperidine rings is 1. The van der Waals surface area contributed by atoms with Gasteiger partial charge in [-0.3, -0.25) is 9.38 Å². The summed E-state index contributed by atoms with van der Waals surface area (Å²) >= 11 is 1.80. The van der Waals surface area contributed by atoms with E-state index in [4.69, 9.17) is 4.74 Å². The summed E-state index contributed by atoms with van der Waals surface area (Å²) in [4.78, 5) is 16.9. The van der Waals surface area contributed by atoms with Crippen molar-refractivity contribution in [2.24, 2.45) is 5.92 Å². The van der Waals surface area contributed by atoms with Crippen LogP contribution in [0.4, 0.5) is 4.79 Å². The minimum atomic E-state index is -0.449. The normalized spacial score (nSPS) is 26.7. The maximum Gasteiger partial charge on any atom is 0.410 e. The van der Waals surface area contributed by atoms with E-state index in [2.05, 4.69) is 71.1 Å². The molecule has 1 aromatic carbocycles. The zero-order valence-corrected chi connectivity index (χ0v) is 20.6. The molecule has 6 heteroatoms. The van der Waals surface area contributed by atoms with E-state index in [9.17, 15) is 4.79 Å². The molecule has 2 unspecified atom stereocenters. The van der Waals surface area contributed by atoms with E-state index in [1.54, 1.807) is 11.8 Å². The number of thioether (sulfide) groups is 1. The zero-order chi connectivity index (χ0) is 23.1. The van der Waals surface area contributed by atoms with Gasteiger partial charge in [0.1, 0.15) is 24.0 Å². The van der Waals surface area contributed by atoms with Crippen molar-refractivity contribution in [2.45, 2.75) is 51.9 Å². The van der Waals surface area contributed by atoms with Crippen molar-refractivity contribution in [1.82, 2.24) is 9.80 Å². The van der Waals surface area contributed by atoms with Crippen molar-refractivity contribution in [3.63, 3.8) is 0 Å². The Hall–Kier alpha value is -2.44. The fourth-order valence-electron chi connectivity index (χ4n) is 5.40. The van der Waals surface area contributed by atoms with Crippen LogP contribution in [-0.4, -0.2) is 51.8 Å². The molecule has 0 N–H and O–H groups in total. The summed E-state index contributed by atoms with van der Waals surface area (Å²) in [5.41, 5.74) is 2.22. The molecule has 2 atom stereocenters. The third kappa shape index (κ3) is 4.64. The third-order valence-electron chi connectivity index (χ3n) is 6.83. The minimum Gasteiger partial charge on any atom is -0.444 e. The van der Waals surface area contributed by atoms with Gasteiger partial charge in [0, 0.05) is 24.6 Å². The Morgan fingerprint density at radius 2 is 1.94 bits per heavy atom. The van der Waals surface area contributed by atoms with Crippen molar-refractivity contribution in [2.75, 3.05) is 19.6 Å². The van der Waals surface area contributed by atoms with Gasteiger partial charge in [-0.05, 0) is 57.2 Å². The van der Waals surface area contributed by atoms with Crippen LogP contribution in [0, 0.1) is 5.92 Å². The van der Waals surface area contributed by atoms with Crippen LogP contribution in [0.15, 0.2) is 77.0 Å². The average Bonchev–Trinajstić information content (AvgIpc) is 3.09. The van der Waals surface area contributed by atoms with Gasteiger partial charge in [0.15, 0.2) is 6.17 Å². The quantitative estimate of drug-likeness (QED) is 0.527. The Balaban J connectivity index is 1.36. The van der Waals surface area contributed by atoms with Crippen LogP contribution >= 0.6 is 11.8 Å². The van der Waals surface area contributed by atoms with Crippen molar-refractivity contribution in [3.05, 3.63) is 82.5 Å². The number of likely N-dealkylation sites (tertiary alicyclic amines) is 1. The van der Waals surface area contributed by atoms with E-state index in [1.165, 1.54) is 16.3 Å². The molecule has 1 amide bonds. The first-order valence-electron chi connectivity index (χ1n) is 12.0. The number of quaternary nitrogens is 1. The number of rotatable bonds is 4. The Kier molecular flexibility index (Phi) is 5.91. The van der Waals surface area contributed by atoms with Crippen LogP contribution in [0.2, 0.25) is 0 Å². The molecule has 4 heterocycles. The summed E-state index contributed by atoms with van der Waals surface area (Å²) in [6.45, 7) is 9.36. The van der Waals surface area contributed by atoms with Gasteiger partial charge in [-0.25, -0.2) is 4.79 Å². The van der Waals surface area contributed by atoms with Gasteiger partial charge in [0.25, 0.3) is 0 Å². The summed E-state index contributed by atoms with van der Waals surface area (Å²) in [5, 5.41) is 3.51. The average molecular weight is 465 g/mol. The zero-order valence-electron chi connectivity index (χ0n) is 19.8. The first kappa shape index (κ1) is 22.4. The molecule has 4 aliphatic heterocycles. The number of carbonyl (C=O) groups is 1. The van der Waals surface area contributed by atoms with E-state index in [0.717, 1.165) is 43.5 Å². The lowest BCUT2D eigenvalue weighted by atomic mass is 9.94. The highest BCUT2D eigenvalue weighted by Gasteiger charge is 2.49. The topological polar surface area (TPSA) is 32.8 Å². The van der Waals surface area contributed by atoms with Crippen LogP contribution in [0.5, 0.6) is 0 Å². The molecule has 1 saturated heterocycles. The van der Waals surface area contributed by atoms with Gasteiger partial charge in [-0.15, -0.1) is 0 Å². The van der Waals surface area contributed by atoms with Crippen molar-refractivity contribution >= 4 is 17.9 Å². The van der Waals surface area contributed by atoms with Crippen LogP contribution in [0.25, 0.3) is 0 Å². The second-order valence-corrected chi connectivity index (χ2v) is 11.4. The monoisotopic (exact) mass is 464 g/mol. The molecule has 0 spiro atoms. The Morgan fingerprint density at radius 3 is 2.67 bits per heavy atom.